The molecule has 5 rings (SSSR count). The smallest absolute Gasteiger partial charge is 0.323 e. The van der Waals surface area contributed by atoms with Gasteiger partial charge in [-0.05, 0) is 67.3 Å². The second kappa shape index (κ2) is 14.2. The number of phenolic OH excluding ortho intramolecular Hbond substituents is 1. The molecule has 0 radical (unpaired) electrons. The molecule has 0 amide bonds. The summed E-state index contributed by atoms with van der Waals surface area (Å²) in [5, 5.41) is 23.1. The van der Waals surface area contributed by atoms with Crippen LogP contribution in [0, 0.1) is 6.92 Å². The van der Waals surface area contributed by atoms with Crippen molar-refractivity contribution in [3.63, 3.8) is 0 Å². The lowest BCUT2D eigenvalue weighted by Gasteiger charge is -2.16. The number of hydrogen-bond donors (Lipinski definition) is 7. The number of hydrogen-bond acceptors (Lipinski definition) is 17. The molecule has 0 fully saturated rings. The number of ether oxygens (including phenoxy) is 1. The molecule has 25 heteroatoms. The molecule has 0 saturated heterocycles. The van der Waals surface area contributed by atoms with E-state index < -0.39 is 106 Å². The van der Waals surface area contributed by atoms with E-state index in [0.29, 0.717) is 11.6 Å². The van der Waals surface area contributed by atoms with E-state index in [4.69, 9.17) is 4.74 Å². The summed E-state index contributed by atoms with van der Waals surface area (Å²) in [5.41, 5.74) is -1.77. The third-order valence-electron chi connectivity index (χ3n) is 6.90. The van der Waals surface area contributed by atoms with Crippen molar-refractivity contribution in [1.29, 1.82) is 0 Å². The van der Waals surface area contributed by atoms with Crippen LogP contribution >= 0.6 is 0 Å². The van der Waals surface area contributed by atoms with Crippen molar-refractivity contribution in [2.24, 2.45) is 10.2 Å². The number of rotatable bonds is 12. The van der Waals surface area contributed by atoms with Gasteiger partial charge in [-0.25, -0.2) is 0 Å². The van der Waals surface area contributed by atoms with Crippen molar-refractivity contribution in [2.75, 3.05) is 17.2 Å². The molecule has 0 bridgehead atoms. The molecule has 4 aromatic carbocycles. The standard InChI is InChI=1S/C28H25N7O14S4/c1-3-49-28-32-26(29-17-6-4-5-7-20(17)51(40,41)42)31-27(33-28)30-19-13-16(50(37,38)39)11-15-12-22(53(46,47)48)24(25(36)23(15)19)35-34-18-9-8-14(2)10-21(18)52(43,44)45/h4-13,36H,3H2,1-2H3,(H,37,38,39)(H,40,41,42)(H,43,44,45)(H,46,47,48)(H2,29,30,31,32,33). The topological polar surface area (TPSA) is 334 Å². The number of aromatic nitrogens is 3. The maximum Gasteiger partial charge on any atom is 0.323 e. The van der Waals surface area contributed by atoms with Crippen molar-refractivity contribution in [3.05, 3.63) is 66.2 Å². The van der Waals surface area contributed by atoms with E-state index in [-0.39, 0.29) is 18.3 Å². The SMILES string of the molecule is CCOc1nc(Nc2ccccc2S(=O)(=O)O)nc(Nc2cc(S(=O)(=O)O)cc3cc(S(=O)(=O)O)c(N=Nc4ccc(C)cc4S(=O)(=O)O)c(O)c23)n1. The van der Waals surface area contributed by atoms with Crippen molar-refractivity contribution < 1.29 is 61.7 Å². The molecular formula is C28H25N7O14S4. The molecular weight excluding hydrogens is 787 g/mol. The third kappa shape index (κ3) is 8.80. The first-order valence-electron chi connectivity index (χ1n) is 14.3. The summed E-state index contributed by atoms with van der Waals surface area (Å²) >= 11 is 0. The van der Waals surface area contributed by atoms with Crippen LogP contribution in [0.25, 0.3) is 10.8 Å². The Balaban J connectivity index is 1.75. The summed E-state index contributed by atoms with van der Waals surface area (Å²) in [6.07, 6.45) is 0. The Morgan fingerprint density at radius 3 is 1.87 bits per heavy atom. The molecule has 280 valence electrons. The average Bonchev–Trinajstić information content (AvgIpc) is 3.03. The Morgan fingerprint density at radius 2 is 1.28 bits per heavy atom. The van der Waals surface area contributed by atoms with Crippen LogP contribution in [0.2, 0.25) is 0 Å². The maximum atomic E-state index is 12.5. The second-order valence-corrected chi connectivity index (χ2v) is 16.2. The van der Waals surface area contributed by atoms with Crippen LogP contribution in [0.1, 0.15) is 12.5 Å². The Kier molecular flexibility index (Phi) is 10.4. The predicted octanol–water partition coefficient (Wildman–Crippen LogP) is 4.33. The Labute approximate surface area is 300 Å². The van der Waals surface area contributed by atoms with Gasteiger partial charge in [0.25, 0.3) is 40.5 Å². The van der Waals surface area contributed by atoms with Crippen molar-refractivity contribution >= 4 is 85.9 Å². The molecule has 21 nitrogen and oxygen atoms in total. The van der Waals surface area contributed by atoms with Crippen molar-refractivity contribution in [2.45, 2.75) is 33.4 Å². The summed E-state index contributed by atoms with van der Waals surface area (Å²) < 4.78 is 142. The van der Waals surface area contributed by atoms with Gasteiger partial charge < -0.3 is 20.5 Å². The molecule has 0 aliphatic heterocycles. The zero-order chi connectivity index (χ0) is 39.1. The first-order valence-corrected chi connectivity index (χ1v) is 20.1. The highest BCUT2D eigenvalue weighted by atomic mass is 32.2. The molecule has 0 aliphatic rings. The molecule has 7 N–H and O–H groups in total. The fourth-order valence-corrected chi connectivity index (χ4v) is 7.27. The summed E-state index contributed by atoms with van der Waals surface area (Å²) in [6, 6.07) is 10.4. The molecule has 0 aliphatic carbocycles. The fourth-order valence-electron chi connectivity index (χ4n) is 4.71. The number of benzene rings is 4. The first kappa shape index (κ1) is 38.8. The lowest BCUT2D eigenvalue weighted by atomic mass is 10.1. The summed E-state index contributed by atoms with van der Waals surface area (Å²) in [6.45, 7) is 3.06. The van der Waals surface area contributed by atoms with E-state index in [1.54, 1.807) is 6.92 Å². The van der Waals surface area contributed by atoms with Gasteiger partial charge in [-0.2, -0.15) is 48.6 Å². The van der Waals surface area contributed by atoms with E-state index in [9.17, 15) is 57.0 Å². The van der Waals surface area contributed by atoms with Crippen LogP contribution in [0.5, 0.6) is 11.8 Å². The quantitative estimate of drug-likeness (QED) is 0.0681. The third-order valence-corrected chi connectivity index (χ3v) is 10.4. The number of nitrogens with zero attached hydrogens (tertiary/aromatic N) is 5. The Hall–Kier alpha value is -5.41. The first-order chi connectivity index (χ1) is 24.6. The highest BCUT2D eigenvalue weighted by Crippen LogP contribution is 2.46. The highest BCUT2D eigenvalue weighted by Gasteiger charge is 2.27. The predicted molar refractivity (Wildman–Crippen MR) is 184 cm³/mol. The molecule has 53 heavy (non-hydrogen) atoms. The van der Waals surface area contributed by atoms with Gasteiger partial charge in [0.2, 0.25) is 11.9 Å². The van der Waals surface area contributed by atoms with Crippen molar-refractivity contribution in [1.82, 2.24) is 15.0 Å². The zero-order valence-corrected chi connectivity index (χ0v) is 30.0. The second-order valence-electron chi connectivity index (χ2n) is 10.7. The minimum absolute atomic E-state index is 0.000483. The summed E-state index contributed by atoms with van der Waals surface area (Å²) in [7, 11) is -20.0. The molecule has 1 aromatic heterocycles. The number of para-hydroxylation sites is 1. The minimum Gasteiger partial charge on any atom is -0.505 e. The van der Waals surface area contributed by atoms with Crippen LogP contribution in [0.3, 0.4) is 0 Å². The van der Waals surface area contributed by atoms with Crippen molar-refractivity contribution in [3.8, 4) is 11.8 Å². The lowest BCUT2D eigenvalue weighted by molar-refractivity contribution is 0.312. The van der Waals surface area contributed by atoms with Gasteiger partial charge in [-0.3, -0.25) is 18.2 Å². The monoisotopic (exact) mass is 811 g/mol. The van der Waals surface area contributed by atoms with Crippen LogP contribution < -0.4 is 15.4 Å². The number of nitrogens with one attached hydrogen (secondary N) is 2. The van der Waals surface area contributed by atoms with E-state index in [0.717, 1.165) is 30.3 Å². The number of phenols is 1. The maximum absolute atomic E-state index is 12.5. The number of aryl methyl sites for hydroxylation is 1. The summed E-state index contributed by atoms with van der Waals surface area (Å²) in [5.74, 6) is -1.97. The van der Waals surface area contributed by atoms with Gasteiger partial charge in [0.05, 0.1) is 22.9 Å². The van der Waals surface area contributed by atoms with Crippen LogP contribution in [-0.4, -0.2) is 78.5 Å². The fraction of sp³-hybridized carbons (Fsp3) is 0.107. The Morgan fingerprint density at radius 1 is 0.679 bits per heavy atom. The normalized spacial score (nSPS) is 12.6. The van der Waals surface area contributed by atoms with E-state index in [1.165, 1.54) is 31.2 Å². The van der Waals surface area contributed by atoms with Gasteiger partial charge >= 0.3 is 6.01 Å². The van der Waals surface area contributed by atoms with Gasteiger partial charge in [0, 0.05) is 5.39 Å². The van der Waals surface area contributed by atoms with E-state index in [1.807, 2.05) is 0 Å². The van der Waals surface area contributed by atoms with Gasteiger partial charge in [-0.1, -0.05) is 18.2 Å². The van der Waals surface area contributed by atoms with Gasteiger partial charge in [-0.15, -0.1) is 10.2 Å². The average molecular weight is 812 g/mol. The lowest BCUT2D eigenvalue weighted by Crippen LogP contribution is -2.09. The van der Waals surface area contributed by atoms with Crippen LogP contribution in [0.15, 0.2) is 90.5 Å². The molecule has 1 heterocycles. The number of azo groups is 1. The van der Waals surface area contributed by atoms with E-state index in [2.05, 4.69) is 35.8 Å². The molecule has 5 aromatic rings. The number of aromatic hydroxyl groups is 1. The highest BCUT2D eigenvalue weighted by molar-refractivity contribution is 7.86. The van der Waals surface area contributed by atoms with Gasteiger partial charge in [0.15, 0.2) is 5.75 Å². The van der Waals surface area contributed by atoms with Crippen LogP contribution in [0.4, 0.5) is 34.6 Å². The number of anilines is 4. The molecule has 0 spiro atoms. The van der Waals surface area contributed by atoms with Gasteiger partial charge in [0.1, 0.15) is 26.1 Å². The Bertz CT molecular complexity index is 2780. The van der Waals surface area contributed by atoms with E-state index >= 15 is 0 Å². The molecule has 0 saturated carbocycles. The largest absolute Gasteiger partial charge is 0.505 e. The van der Waals surface area contributed by atoms with Crippen LogP contribution in [-0.2, 0) is 40.5 Å². The minimum atomic E-state index is -5.31. The molecule has 0 atom stereocenters. The molecule has 0 unspecified atom stereocenters. The zero-order valence-electron chi connectivity index (χ0n) is 26.8. The summed E-state index contributed by atoms with van der Waals surface area (Å²) in [4.78, 5) is 8.85. The number of fused-ring (bicyclic) bond motifs is 1.